The lowest BCUT2D eigenvalue weighted by atomic mass is 9.92. The van der Waals surface area contributed by atoms with Gasteiger partial charge in [-0.1, -0.05) is 38.5 Å². The molecule has 2 aromatic rings. The third-order valence-electron chi connectivity index (χ3n) is 19.1. The van der Waals surface area contributed by atoms with Crippen molar-refractivity contribution < 1.29 is 200 Å². The molecule has 0 saturated carbocycles. The van der Waals surface area contributed by atoms with E-state index in [2.05, 4.69) is 35.4 Å². The standard InChI is InChI=1S/C67H123N8O42P5/c1-43(79)72-52-59(85)56(82)47(33-76)114-64(52)102-23-11-5-8-14-26-105-119(90,91)108-29-17-20-99-37-67(40-112-122(96,97)111-36-50-46(117-118(88,89)98-4)32-51(113-50)75-42-71-55-62(68)69-41-70-63(55)75,38-100-21-18-30-109-120(92,93)106-27-15-9-6-12-24-103-65-53(73-44(2)80)60(86)57(83)48(34-77)115-65)39-101-22-19-31-110-121(94,95)107-28-16-10-7-13-25-104-66-54(74-45(3)81)61(87)58(84)49(35-78)116-66/h41-42,46-54,56-61,64-66,76-78,82-87H,5-40H2,1-4H3,(H,72,79)(H,73,80)(H,74,81)(H,88,89)(H,90,91)(H,92,93)(H,94,95)(H,96,97)(H2,68,69,70)/t46?,47?,48?,49?,50-,51-,52+,53+,54?,56+,57+,58+,59?,60?,61?,64-,65-,66-,67?/m1/s1. The normalized spacial score (nSPS) is 28.8. The first kappa shape index (κ1) is 107. The van der Waals surface area contributed by atoms with Crippen LogP contribution < -0.4 is 21.7 Å². The lowest BCUT2D eigenvalue weighted by Crippen LogP contribution is -2.64. The molecule has 19 N–H and O–H groups in total. The topological polar surface area (TPSA) is 710 Å². The van der Waals surface area contributed by atoms with E-state index in [-0.39, 0.29) is 102 Å². The number of amides is 3. The number of rotatable bonds is 64. The molecule has 50 nitrogen and oxygen atoms in total. The van der Waals surface area contributed by atoms with E-state index in [1.807, 2.05) is 0 Å². The number of nitrogens with two attached hydrogens (primary N) is 1. The summed E-state index contributed by atoms with van der Waals surface area (Å²) in [6, 6.07) is -3.38. The largest absolute Gasteiger partial charge is 0.472 e. The highest BCUT2D eigenvalue weighted by Gasteiger charge is 2.50. The van der Waals surface area contributed by atoms with Crippen LogP contribution in [0.25, 0.3) is 11.2 Å². The van der Waals surface area contributed by atoms with E-state index in [9.17, 15) is 108 Å². The number of aliphatic hydroxyl groups excluding tert-OH is 9. The predicted molar refractivity (Wildman–Crippen MR) is 415 cm³/mol. The third-order valence-corrected chi connectivity index (χ3v) is 24.1. The molecule has 13 unspecified atom stereocenters. The van der Waals surface area contributed by atoms with Crippen LogP contribution in [0.2, 0.25) is 0 Å². The van der Waals surface area contributed by atoms with Gasteiger partial charge in [0.1, 0.15) is 103 Å². The van der Waals surface area contributed by atoms with Crippen molar-refractivity contribution >= 4 is 73.8 Å². The molecule has 4 saturated heterocycles. The Balaban J connectivity index is 1.06. The van der Waals surface area contributed by atoms with Crippen LogP contribution in [0.3, 0.4) is 0 Å². The maximum absolute atomic E-state index is 14.1. The van der Waals surface area contributed by atoms with Gasteiger partial charge in [0, 0.05) is 73.9 Å². The van der Waals surface area contributed by atoms with Crippen molar-refractivity contribution in [3.63, 3.8) is 0 Å². The number of aliphatic hydroxyl groups is 9. The molecule has 55 heteroatoms. The number of hydrogen-bond acceptors (Lipinski definition) is 41. The fraction of sp³-hybridized carbons (Fsp3) is 0.881. The van der Waals surface area contributed by atoms with Gasteiger partial charge in [0.05, 0.1) is 104 Å². The zero-order valence-corrected chi connectivity index (χ0v) is 72.8. The van der Waals surface area contributed by atoms with Crippen molar-refractivity contribution in [3.05, 3.63) is 12.7 Å². The zero-order chi connectivity index (χ0) is 89.7. The number of phosphoric acid groups is 5. The summed E-state index contributed by atoms with van der Waals surface area (Å²) >= 11 is 0. The molecule has 23 atom stereocenters. The number of nitrogens with zero attached hydrogens (tertiary/aromatic N) is 4. The van der Waals surface area contributed by atoms with Crippen LogP contribution in [-0.2, 0) is 130 Å². The monoisotopic (exact) mass is 1870 g/mol. The molecular weight excluding hydrogens is 1740 g/mol. The summed E-state index contributed by atoms with van der Waals surface area (Å²) in [4.78, 5) is 101. The molecule has 4 aliphatic rings. The van der Waals surface area contributed by atoms with Gasteiger partial charge >= 0.3 is 39.1 Å². The summed E-state index contributed by atoms with van der Waals surface area (Å²) in [5.41, 5.74) is 4.71. The Labute approximate surface area is 703 Å². The van der Waals surface area contributed by atoms with Crippen LogP contribution >= 0.6 is 39.1 Å². The van der Waals surface area contributed by atoms with E-state index in [1.165, 1.54) is 31.7 Å². The molecule has 122 heavy (non-hydrogen) atoms. The number of nitrogens with one attached hydrogen (secondary N) is 3. The SMILES string of the molecule is COP(=O)(O)OC1C[C@H](n2cnc3c(N)ncnc32)O[C@@H]1COP(=O)(O)OCC(COCCCOP(=O)(O)OCCCCCCO[C@@H]1OC(CO)[C@H](O)C(O)C1NC(C)=O)(COCCCOP(=O)(O)OCCCCCCO[C@@H]1OC(CO)[C@H](O)C(O)[C@@H]1NC(C)=O)COCCCOP(=O)(O)OCCCCCCO[C@@H]1OC(CO)[C@H](O)C(O)[C@@H]1NC(C)=O. The first-order chi connectivity index (χ1) is 57.9. The molecule has 708 valence electrons. The molecule has 4 fully saturated rings. The molecule has 0 aromatic carbocycles. The fourth-order valence-electron chi connectivity index (χ4n) is 12.8. The van der Waals surface area contributed by atoms with Gasteiger partial charge in [-0.15, -0.1) is 0 Å². The number of hydrogen-bond donors (Lipinski definition) is 18. The predicted octanol–water partition coefficient (Wildman–Crippen LogP) is -0.869. The molecule has 0 aliphatic carbocycles. The minimum Gasteiger partial charge on any atom is -0.394 e. The number of ether oxygens (including phenoxy) is 10. The fourth-order valence-corrected chi connectivity index (χ4v) is 16.6. The number of aromatic nitrogens is 4. The van der Waals surface area contributed by atoms with Gasteiger partial charge < -0.3 is 139 Å². The Bertz CT molecular complexity index is 3400. The zero-order valence-electron chi connectivity index (χ0n) is 68.3. The summed E-state index contributed by atoms with van der Waals surface area (Å²) in [5, 5.41) is 98.7. The Hall–Kier alpha value is -3.45. The summed E-state index contributed by atoms with van der Waals surface area (Å²) in [5.74, 6) is -1.54. The summed E-state index contributed by atoms with van der Waals surface area (Å²) in [6.45, 7) is -3.75. The quantitative estimate of drug-likeness (QED) is 0.0283. The Morgan fingerprint density at radius 1 is 0.443 bits per heavy atom. The number of unbranched alkanes of at least 4 members (excludes halogenated alkanes) is 9. The average Bonchev–Trinajstić information content (AvgIpc) is 1.68. The number of phosphoric ester groups is 5. The van der Waals surface area contributed by atoms with Gasteiger partial charge in [0.2, 0.25) is 17.7 Å². The molecule has 0 spiro atoms. The van der Waals surface area contributed by atoms with Crippen LogP contribution in [0.15, 0.2) is 12.7 Å². The van der Waals surface area contributed by atoms with Crippen molar-refractivity contribution in [2.24, 2.45) is 5.41 Å². The number of fused-ring (bicyclic) bond motifs is 1. The van der Waals surface area contributed by atoms with E-state index in [0.717, 1.165) is 13.4 Å². The van der Waals surface area contributed by atoms with Crippen molar-refractivity contribution in [2.75, 3.05) is 145 Å². The highest BCUT2D eigenvalue weighted by atomic mass is 31.2. The van der Waals surface area contributed by atoms with E-state index in [4.69, 9.17) is 93.8 Å². The molecule has 6 heterocycles. The Morgan fingerprint density at radius 3 is 1.13 bits per heavy atom. The number of nitrogen functional groups attached to an aromatic ring is 1. The maximum atomic E-state index is 14.1. The molecule has 3 amide bonds. The van der Waals surface area contributed by atoms with Crippen LogP contribution in [0.1, 0.15) is 130 Å². The molecule has 0 radical (unpaired) electrons. The van der Waals surface area contributed by atoms with Crippen molar-refractivity contribution in [1.82, 2.24) is 35.5 Å². The van der Waals surface area contributed by atoms with Gasteiger partial charge in [0.25, 0.3) is 0 Å². The number of imidazole rings is 1. The smallest absolute Gasteiger partial charge is 0.394 e. The molecule has 6 rings (SSSR count). The highest BCUT2D eigenvalue weighted by Crippen LogP contribution is 2.51. The van der Waals surface area contributed by atoms with Crippen molar-refractivity contribution in [3.8, 4) is 0 Å². The van der Waals surface area contributed by atoms with Crippen LogP contribution in [0, 0.1) is 5.41 Å². The van der Waals surface area contributed by atoms with Gasteiger partial charge in [-0.05, 0) is 57.8 Å². The number of carbonyl (C=O) groups is 3. The van der Waals surface area contributed by atoms with Crippen molar-refractivity contribution in [2.45, 2.75) is 234 Å². The summed E-state index contributed by atoms with van der Waals surface area (Å²) < 4.78 is 178. The first-order valence-electron chi connectivity index (χ1n) is 39.8. The van der Waals surface area contributed by atoms with E-state index in [1.54, 1.807) is 0 Å². The number of anilines is 1. The van der Waals surface area contributed by atoms with Crippen LogP contribution in [0.4, 0.5) is 5.82 Å². The summed E-state index contributed by atoms with van der Waals surface area (Å²) in [7, 11) is -23.1. The lowest BCUT2D eigenvalue weighted by molar-refractivity contribution is -0.270. The molecule has 4 aliphatic heterocycles. The highest BCUT2D eigenvalue weighted by molar-refractivity contribution is 7.48. The Morgan fingerprint density at radius 2 is 0.787 bits per heavy atom. The molecule has 0 bridgehead atoms. The maximum Gasteiger partial charge on any atom is 0.472 e. The minimum absolute atomic E-state index is 0.0212. The van der Waals surface area contributed by atoms with Crippen molar-refractivity contribution in [1.29, 1.82) is 0 Å². The molecule has 2 aromatic heterocycles. The lowest BCUT2D eigenvalue weighted by Gasteiger charge is -2.42. The first-order valence-corrected chi connectivity index (χ1v) is 47.3. The van der Waals surface area contributed by atoms with Gasteiger partial charge in [-0.2, -0.15) is 0 Å². The third kappa shape index (κ3) is 37.6. The van der Waals surface area contributed by atoms with Crippen LogP contribution in [-0.4, -0.2) is 351 Å². The van der Waals surface area contributed by atoms with Gasteiger partial charge in [-0.25, -0.2) is 37.8 Å². The molecular formula is C67H123N8O42P5. The Kier molecular flexibility index (Phi) is 47.7. The van der Waals surface area contributed by atoms with Gasteiger partial charge in [0.15, 0.2) is 30.3 Å². The van der Waals surface area contributed by atoms with E-state index >= 15 is 0 Å². The van der Waals surface area contributed by atoms with E-state index < -0.39 is 245 Å². The second-order valence-electron chi connectivity index (χ2n) is 29.1. The second kappa shape index (κ2) is 54.3. The van der Waals surface area contributed by atoms with E-state index in [0.29, 0.717) is 77.0 Å². The second-order valence-corrected chi connectivity index (χ2v) is 36.4. The average molecular weight is 1870 g/mol. The minimum atomic E-state index is -5.30. The van der Waals surface area contributed by atoms with Crippen LogP contribution in [0.5, 0.6) is 0 Å². The van der Waals surface area contributed by atoms with Gasteiger partial charge in [-0.3, -0.25) is 64.2 Å². The summed E-state index contributed by atoms with van der Waals surface area (Å²) in [6.07, 6.45) is -12.7. The number of carbonyl (C=O) groups excluding carboxylic acids is 3.